The fourth-order valence-corrected chi connectivity index (χ4v) is 4.62. The third-order valence-electron chi connectivity index (χ3n) is 4.06. The van der Waals surface area contributed by atoms with Crippen molar-refractivity contribution >= 4 is 50.0 Å². The number of hydrogen-bond acceptors (Lipinski definition) is 4. The summed E-state index contributed by atoms with van der Waals surface area (Å²) in [4.78, 5) is 17.8. The van der Waals surface area contributed by atoms with Crippen molar-refractivity contribution in [3.63, 3.8) is 0 Å². The molecule has 7 heteroatoms. The largest absolute Gasteiger partial charge is 0.278 e. The molecule has 0 N–H and O–H groups in total. The summed E-state index contributed by atoms with van der Waals surface area (Å²) in [7, 11) is 0. The van der Waals surface area contributed by atoms with Gasteiger partial charge in [-0.2, -0.15) is 0 Å². The molecule has 0 aliphatic heterocycles. The first-order chi connectivity index (χ1) is 12.6. The fraction of sp³-hybridized carbons (Fsp3) is 0.0526. The van der Waals surface area contributed by atoms with Crippen molar-refractivity contribution in [2.75, 3.05) is 4.90 Å². The Kier molecular flexibility index (Phi) is 4.26. The first-order valence-electron chi connectivity index (χ1n) is 7.71. The predicted octanol–water partition coefficient (Wildman–Crippen LogP) is 5.91. The molecule has 2 heterocycles. The van der Waals surface area contributed by atoms with Gasteiger partial charge in [0.15, 0.2) is 0 Å². The normalized spacial score (nSPS) is 11.0. The van der Waals surface area contributed by atoms with Gasteiger partial charge in [-0.15, -0.1) is 22.7 Å². The second kappa shape index (κ2) is 6.59. The van der Waals surface area contributed by atoms with Crippen LogP contribution in [-0.2, 0) is 4.79 Å². The van der Waals surface area contributed by atoms with Crippen molar-refractivity contribution in [2.24, 2.45) is 0 Å². The molecule has 2 aromatic heterocycles. The molecule has 0 saturated heterocycles. The summed E-state index contributed by atoms with van der Waals surface area (Å²) in [6.45, 7) is 2.00. The van der Waals surface area contributed by atoms with E-state index >= 15 is 0 Å². The van der Waals surface area contributed by atoms with Crippen LogP contribution in [0.25, 0.3) is 20.7 Å². The third kappa shape index (κ3) is 2.79. The van der Waals surface area contributed by atoms with E-state index in [0.29, 0.717) is 11.4 Å². The molecule has 0 fully saturated rings. The molecule has 0 radical (unpaired) electrons. The Balaban J connectivity index is 1.79. The number of anilines is 2. The van der Waals surface area contributed by atoms with Crippen LogP contribution in [0.15, 0.2) is 48.0 Å². The summed E-state index contributed by atoms with van der Waals surface area (Å²) in [5.41, 5.74) is 4.38. The molecule has 2 aromatic carbocycles. The Morgan fingerprint density at radius 3 is 2.62 bits per heavy atom. The maximum Gasteiger partial charge on any atom is 0.219 e. The quantitative estimate of drug-likeness (QED) is 0.409. The molecular weight excluding hydrogens is 374 g/mol. The van der Waals surface area contributed by atoms with E-state index in [4.69, 9.17) is 0 Å². The summed E-state index contributed by atoms with van der Waals surface area (Å²) < 4.78 is 29.2. The summed E-state index contributed by atoms with van der Waals surface area (Å²) in [5.74, 6) is -1.57. The van der Waals surface area contributed by atoms with Crippen molar-refractivity contribution in [1.82, 2.24) is 4.98 Å². The first-order valence-corrected chi connectivity index (χ1v) is 9.40. The average Bonchev–Trinajstić information content (AvgIpc) is 3.26. The lowest BCUT2D eigenvalue weighted by molar-refractivity contribution is -0.106. The number of carbonyl (C=O) groups is 1. The highest BCUT2D eigenvalue weighted by Gasteiger charge is 2.20. The van der Waals surface area contributed by atoms with Gasteiger partial charge in [-0.3, -0.25) is 9.69 Å². The van der Waals surface area contributed by atoms with Gasteiger partial charge in [0.1, 0.15) is 22.3 Å². The molecular formula is C19H12F2N2OS2. The van der Waals surface area contributed by atoms with Crippen LogP contribution in [0.2, 0.25) is 0 Å². The van der Waals surface area contributed by atoms with Crippen molar-refractivity contribution in [1.29, 1.82) is 0 Å². The van der Waals surface area contributed by atoms with E-state index in [0.717, 1.165) is 43.3 Å². The number of hydrogen-bond donors (Lipinski definition) is 0. The van der Waals surface area contributed by atoms with Crippen molar-refractivity contribution in [3.05, 3.63) is 65.2 Å². The highest BCUT2D eigenvalue weighted by molar-refractivity contribution is 7.19. The van der Waals surface area contributed by atoms with Crippen LogP contribution in [0.5, 0.6) is 0 Å². The van der Waals surface area contributed by atoms with Gasteiger partial charge in [0.05, 0.1) is 15.7 Å². The SMILES string of the molecule is Cc1cc2scnc2cc1-c1ccc(N(C=O)c2c(F)cccc2F)s1. The Morgan fingerprint density at radius 1 is 1.12 bits per heavy atom. The lowest BCUT2D eigenvalue weighted by Gasteiger charge is -2.16. The number of nitrogens with zero attached hydrogens (tertiary/aromatic N) is 2. The van der Waals surface area contributed by atoms with Gasteiger partial charge in [0.2, 0.25) is 6.41 Å². The van der Waals surface area contributed by atoms with Crippen LogP contribution in [0.3, 0.4) is 0 Å². The Labute approximate surface area is 156 Å². The minimum Gasteiger partial charge on any atom is -0.278 e. The summed E-state index contributed by atoms with van der Waals surface area (Å²) in [6.07, 6.45) is 0.424. The number of rotatable bonds is 4. The monoisotopic (exact) mass is 386 g/mol. The van der Waals surface area contributed by atoms with Crippen molar-refractivity contribution in [3.8, 4) is 10.4 Å². The van der Waals surface area contributed by atoms with Gasteiger partial charge >= 0.3 is 0 Å². The second-order valence-corrected chi connectivity index (χ2v) is 7.62. The molecule has 4 aromatic rings. The lowest BCUT2D eigenvalue weighted by Crippen LogP contribution is -2.15. The summed E-state index contributed by atoms with van der Waals surface area (Å²) in [5, 5.41) is 0.441. The molecule has 0 spiro atoms. The highest BCUT2D eigenvalue weighted by Crippen LogP contribution is 2.40. The van der Waals surface area contributed by atoms with Gasteiger partial charge in [0, 0.05) is 4.88 Å². The molecule has 4 rings (SSSR count). The Hall–Kier alpha value is -2.64. The molecule has 26 heavy (non-hydrogen) atoms. The number of amides is 1. The summed E-state index contributed by atoms with van der Waals surface area (Å²) in [6, 6.07) is 11.1. The van der Waals surface area contributed by atoms with Crippen LogP contribution >= 0.6 is 22.7 Å². The number of fused-ring (bicyclic) bond motifs is 1. The fourth-order valence-electron chi connectivity index (χ4n) is 2.81. The molecule has 3 nitrogen and oxygen atoms in total. The number of thiophene rings is 1. The van der Waals surface area contributed by atoms with Crippen LogP contribution in [0.1, 0.15) is 5.56 Å². The zero-order valence-corrected chi connectivity index (χ0v) is 15.2. The topological polar surface area (TPSA) is 33.2 Å². The Morgan fingerprint density at radius 2 is 1.88 bits per heavy atom. The van der Waals surface area contributed by atoms with E-state index < -0.39 is 11.6 Å². The maximum atomic E-state index is 14.1. The zero-order chi connectivity index (χ0) is 18.3. The van der Waals surface area contributed by atoms with Gasteiger partial charge in [-0.1, -0.05) is 6.07 Å². The summed E-state index contributed by atoms with van der Waals surface area (Å²) >= 11 is 2.87. The van der Waals surface area contributed by atoms with E-state index in [-0.39, 0.29) is 5.69 Å². The Bertz CT molecular complexity index is 1100. The number of thiazole rings is 1. The lowest BCUT2D eigenvalue weighted by atomic mass is 10.1. The minimum absolute atomic E-state index is 0.373. The number of aryl methyl sites for hydroxylation is 1. The van der Waals surface area contributed by atoms with E-state index in [1.807, 2.05) is 19.1 Å². The number of benzene rings is 2. The second-order valence-electron chi connectivity index (χ2n) is 5.67. The van der Waals surface area contributed by atoms with Crippen LogP contribution in [0.4, 0.5) is 19.5 Å². The van der Waals surface area contributed by atoms with Crippen LogP contribution in [0, 0.1) is 18.6 Å². The average molecular weight is 386 g/mol. The van der Waals surface area contributed by atoms with Crippen molar-refractivity contribution < 1.29 is 13.6 Å². The first kappa shape index (κ1) is 16.8. The van der Waals surface area contributed by atoms with Gasteiger partial charge < -0.3 is 0 Å². The highest BCUT2D eigenvalue weighted by atomic mass is 32.1. The number of para-hydroxylation sites is 1. The van der Waals surface area contributed by atoms with Crippen molar-refractivity contribution in [2.45, 2.75) is 6.92 Å². The van der Waals surface area contributed by atoms with E-state index in [2.05, 4.69) is 11.1 Å². The zero-order valence-electron chi connectivity index (χ0n) is 13.6. The molecule has 130 valence electrons. The molecule has 1 amide bonds. The van der Waals surface area contributed by atoms with E-state index in [9.17, 15) is 13.6 Å². The van der Waals surface area contributed by atoms with Crippen LogP contribution in [-0.4, -0.2) is 11.4 Å². The minimum atomic E-state index is -0.785. The number of carbonyl (C=O) groups excluding carboxylic acids is 1. The molecule has 0 aliphatic rings. The van der Waals surface area contributed by atoms with Gasteiger partial charge in [-0.25, -0.2) is 13.8 Å². The number of halogens is 2. The predicted molar refractivity (Wildman–Crippen MR) is 102 cm³/mol. The third-order valence-corrected chi connectivity index (χ3v) is 5.97. The van der Waals surface area contributed by atoms with E-state index in [1.165, 1.54) is 17.4 Å². The smallest absolute Gasteiger partial charge is 0.219 e. The standard InChI is InChI=1S/C19H12F2N2OS2/c1-11-7-17-15(22-9-25-17)8-12(11)16-5-6-18(26-16)23(10-24)19-13(20)3-2-4-14(19)21/h2-10H,1H3. The molecule has 0 aliphatic carbocycles. The molecule has 0 bridgehead atoms. The van der Waals surface area contributed by atoms with E-state index in [1.54, 1.807) is 22.9 Å². The molecule has 0 atom stereocenters. The maximum absolute atomic E-state index is 14.1. The van der Waals surface area contributed by atoms with Gasteiger partial charge in [-0.05, 0) is 54.4 Å². The van der Waals surface area contributed by atoms with Gasteiger partial charge in [0.25, 0.3) is 0 Å². The molecule has 0 saturated carbocycles. The number of aromatic nitrogens is 1. The van der Waals surface area contributed by atoms with Crippen LogP contribution < -0.4 is 4.90 Å². The molecule has 0 unspecified atom stereocenters.